The Morgan fingerprint density at radius 1 is 1.17 bits per heavy atom. The number of nitrogens with zero attached hydrogens (tertiary/aromatic N) is 2. The number of benzene rings is 1. The Balaban J connectivity index is 1.61. The summed E-state index contributed by atoms with van der Waals surface area (Å²) in [6.07, 6.45) is 0.965. The molecule has 0 aromatic heterocycles. The zero-order valence-electron chi connectivity index (χ0n) is 13.5. The van der Waals surface area contributed by atoms with Gasteiger partial charge < -0.3 is 10.2 Å². The van der Waals surface area contributed by atoms with E-state index in [2.05, 4.69) is 38.6 Å². The molecule has 2 fully saturated rings. The van der Waals surface area contributed by atoms with Gasteiger partial charge in [0.05, 0.1) is 11.4 Å². The zero-order chi connectivity index (χ0) is 16.7. The molecule has 1 aromatic carbocycles. The van der Waals surface area contributed by atoms with Gasteiger partial charge in [-0.2, -0.15) is 12.6 Å². The first-order chi connectivity index (χ1) is 11.6. The standard InChI is InChI=1S/C17H22N4O2S/c22-15-5-4-14(16(23)19-15)21-10-12-11(17(21)24)2-1-3-13(12)20-8-6-18-7-9-20/h1-3,14,17-18,24H,4-10H2,(H,19,22,23). The lowest BCUT2D eigenvalue weighted by atomic mass is 10.0. The molecular formula is C17H22N4O2S. The highest BCUT2D eigenvalue weighted by molar-refractivity contribution is 7.80. The van der Waals surface area contributed by atoms with Crippen molar-refractivity contribution in [2.45, 2.75) is 30.8 Å². The average molecular weight is 346 g/mol. The van der Waals surface area contributed by atoms with E-state index in [1.54, 1.807) is 0 Å². The fourth-order valence-corrected chi connectivity index (χ4v) is 4.42. The Morgan fingerprint density at radius 3 is 2.71 bits per heavy atom. The number of fused-ring (bicyclic) bond motifs is 1. The van der Waals surface area contributed by atoms with Crippen molar-refractivity contribution in [3.63, 3.8) is 0 Å². The van der Waals surface area contributed by atoms with Gasteiger partial charge in [0.15, 0.2) is 0 Å². The summed E-state index contributed by atoms with van der Waals surface area (Å²) in [6.45, 7) is 4.67. The van der Waals surface area contributed by atoms with Gasteiger partial charge in [0, 0.05) is 44.8 Å². The smallest absolute Gasteiger partial charge is 0.243 e. The van der Waals surface area contributed by atoms with E-state index < -0.39 is 0 Å². The van der Waals surface area contributed by atoms with Crippen LogP contribution in [0.2, 0.25) is 0 Å². The second kappa shape index (κ2) is 6.38. The number of imide groups is 1. The Kier molecular flexibility index (Phi) is 4.24. The first-order valence-electron chi connectivity index (χ1n) is 8.50. The quantitative estimate of drug-likeness (QED) is 0.542. The van der Waals surface area contributed by atoms with Gasteiger partial charge >= 0.3 is 0 Å². The SMILES string of the molecule is O=C1CCC(N2Cc3c(cccc3N3CCNCC3)C2S)C(=O)N1. The summed E-state index contributed by atoms with van der Waals surface area (Å²) in [5, 5.41) is 5.73. The molecule has 24 heavy (non-hydrogen) atoms. The van der Waals surface area contributed by atoms with E-state index in [-0.39, 0.29) is 23.2 Å². The predicted octanol–water partition coefficient (Wildman–Crippen LogP) is 0.645. The fraction of sp³-hybridized carbons (Fsp3) is 0.529. The Hall–Kier alpha value is -1.57. The molecule has 0 spiro atoms. The molecule has 0 saturated carbocycles. The maximum atomic E-state index is 12.2. The second-order valence-corrected chi connectivity index (χ2v) is 7.08. The topological polar surface area (TPSA) is 64.7 Å². The summed E-state index contributed by atoms with van der Waals surface area (Å²) in [5.41, 5.74) is 3.70. The molecule has 2 saturated heterocycles. The van der Waals surface area contributed by atoms with Crippen LogP contribution in [0.4, 0.5) is 5.69 Å². The molecule has 2 amide bonds. The Morgan fingerprint density at radius 2 is 1.96 bits per heavy atom. The predicted molar refractivity (Wildman–Crippen MR) is 95.0 cm³/mol. The number of carbonyl (C=O) groups excluding carboxylic acids is 2. The lowest BCUT2D eigenvalue weighted by Crippen LogP contribution is -2.51. The van der Waals surface area contributed by atoms with Crippen molar-refractivity contribution in [3.8, 4) is 0 Å². The van der Waals surface area contributed by atoms with Crippen LogP contribution in [-0.2, 0) is 16.1 Å². The van der Waals surface area contributed by atoms with Crippen molar-refractivity contribution in [2.24, 2.45) is 0 Å². The Labute approximate surface area is 147 Å². The van der Waals surface area contributed by atoms with Gasteiger partial charge in [0.2, 0.25) is 11.8 Å². The molecule has 128 valence electrons. The lowest BCUT2D eigenvalue weighted by Gasteiger charge is -2.32. The van der Waals surface area contributed by atoms with Crippen molar-refractivity contribution >= 4 is 30.1 Å². The van der Waals surface area contributed by atoms with Crippen LogP contribution in [0.3, 0.4) is 0 Å². The number of amides is 2. The monoisotopic (exact) mass is 346 g/mol. The van der Waals surface area contributed by atoms with Gasteiger partial charge in [-0.1, -0.05) is 12.1 Å². The summed E-state index contributed by atoms with van der Waals surface area (Å²) in [4.78, 5) is 28.2. The van der Waals surface area contributed by atoms with Gasteiger partial charge in [-0.25, -0.2) is 0 Å². The van der Waals surface area contributed by atoms with E-state index in [0.29, 0.717) is 19.4 Å². The Bertz CT molecular complexity index is 675. The number of hydrogen-bond acceptors (Lipinski definition) is 6. The molecule has 1 aromatic rings. The van der Waals surface area contributed by atoms with E-state index in [1.807, 2.05) is 0 Å². The molecule has 3 aliphatic rings. The van der Waals surface area contributed by atoms with Crippen LogP contribution < -0.4 is 15.5 Å². The van der Waals surface area contributed by atoms with E-state index in [9.17, 15) is 9.59 Å². The summed E-state index contributed by atoms with van der Waals surface area (Å²) < 4.78 is 0. The minimum atomic E-state index is -0.284. The van der Waals surface area contributed by atoms with Crippen LogP contribution >= 0.6 is 12.6 Å². The number of hydrogen-bond donors (Lipinski definition) is 3. The van der Waals surface area contributed by atoms with Gasteiger partial charge in [0.25, 0.3) is 0 Å². The zero-order valence-corrected chi connectivity index (χ0v) is 14.4. The highest BCUT2D eigenvalue weighted by Crippen LogP contribution is 2.43. The molecule has 6 nitrogen and oxygen atoms in total. The van der Waals surface area contributed by atoms with Crippen molar-refractivity contribution in [2.75, 3.05) is 31.1 Å². The molecule has 7 heteroatoms. The van der Waals surface area contributed by atoms with Gasteiger partial charge in [-0.3, -0.25) is 19.8 Å². The van der Waals surface area contributed by atoms with Crippen LogP contribution in [0.25, 0.3) is 0 Å². The molecule has 0 bridgehead atoms. The molecule has 3 heterocycles. The van der Waals surface area contributed by atoms with E-state index in [0.717, 1.165) is 26.2 Å². The third-order valence-electron chi connectivity index (χ3n) is 5.19. The number of piperidine rings is 1. The molecule has 2 unspecified atom stereocenters. The maximum Gasteiger partial charge on any atom is 0.243 e. The summed E-state index contributed by atoms with van der Waals surface area (Å²) in [7, 11) is 0. The van der Waals surface area contributed by atoms with Crippen LogP contribution in [0.1, 0.15) is 29.3 Å². The molecule has 2 atom stereocenters. The number of piperazine rings is 1. The number of rotatable bonds is 2. The minimum Gasteiger partial charge on any atom is -0.369 e. The molecular weight excluding hydrogens is 324 g/mol. The van der Waals surface area contributed by atoms with Crippen molar-refractivity contribution in [3.05, 3.63) is 29.3 Å². The third-order valence-corrected chi connectivity index (χ3v) is 5.76. The summed E-state index contributed by atoms with van der Waals surface area (Å²) >= 11 is 4.78. The van der Waals surface area contributed by atoms with Crippen LogP contribution in [0, 0.1) is 0 Å². The normalized spacial score (nSPS) is 28.0. The molecule has 4 rings (SSSR count). The third kappa shape index (κ3) is 2.70. The van der Waals surface area contributed by atoms with E-state index in [4.69, 9.17) is 12.6 Å². The maximum absolute atomic E-state index is 12.2. The van der Waals surface area contributed by atoms with E-state index >= 15 is 0 Å². The van der Waals surface area contributed by atoms with Gasteiger partial charge in [-0.15, -0.1) is 0 Å². The summed E-state index contributed by atoms with van der Waals surface area (Å²) in [6, 6.07) is 6.06. The largest absolute Gasteiger partial charge is 0.369 e. The first-order valence-corrected chi connectivity index (χ1v) is 9.02. The molecule has 0 aliphatic carbocycles. The highest BCUT2D eigenvalue weighted by atomic mass is 32.1. The number of nitrogens with one attached hydrogen (secondary N) is 2. The summed E-state index contributed by atoms with van der Waals surface area (Å²) in [5.74, 6) is -0.369. The average Bonchev–Trinajstić information content (AvgIpc) is 2.93. The van der Waals surface area contributed by atoms with Crippen LogP contribution in [0.15, 0.2) is 18.2 Å². The van der Waals surface area contributed by atoms with Crippen LogP contribution in [-0.4, -0.2) is 48.9 Å². The molecule has 0 radical (unpaired) electrons. The second-order valence-electron chi connectivity index (χ2n) is 6.59. The minimum absolute atomic E-state index is 0.105. The fourth-order valence-electron chi connectivity index (χ4n) is 3.94. The van der Waals surface area contributed by atoms with Crippen molar-refractivity contribution < 1.29 is 9.59 Å². The van der Waals surface area contributed by atoms with Crippen molar-refractivity contribution in [1.82, 2.24) is 15.5 Å². The van der Waals surface area contributed by atoms with Crippen LogP contribution in [0.5, 0.6) is 0 Å². The number of thiol groups is 1. The highest BCUT2D eigenvalue weighted by Gasteiger charge is 2.40. The first kappa shape index (κ1) is 15.9. The van der Waals surface area contributed by atoms with Gasteiger partial charge in [0.1, 0.15) is 0 Å². The van der Waals surface area contributed by atoms with Crippen molar-refractivity contribution in [1.29, 1.82) is 0 Å². The lowest BCUT2D eigenvalue weighted by molar-refractivity contribution is -0.137. The molecule has 2 N–H and O–H groups in total. The molecule has 3 aliphatic heterocycles. The number of carbonyl (C=O) groups is 2. The number of anilines is 1. The van der Waals surface area contributed by atoms with Gasteiger partial charge in [-0.05, 0) is 23.6 Å². The van der Waals surface area contributed by atoms with E-state index in [1.165, 1.54) is 16.8 Å².